The van der Waals surface area contributed by atoms with Crippen molar-refractivity contribution in [2.24, 2.45) is 4.36 Å². The van der Waals surface area contributed by atoms with E-state index in [4.69, 9.17) is 19.6 Å². The second kappa shape index (κ2) is 13.1. The number of benzene rings is 2. The number of hydrogen-bond acceptors (Lipinski definition) is 9. The van der Waals surface area contributed by atoms with Crippen LogP contribution in [-0.4, -0.2) is 80.0 Å². The van der Waals surface area contributed by atoms with Gasteiger partial charge in [0.15, 0.2) is 5.65 Å². The monoisotopic (exact) mass is 758 g/mol. The summed E-state index contributed by atoms with van der Waals surface area (Å²) in [6, 6.07) is 17.2. The summed E-state index contributed by atoms with van der Waals surface area (Å²) in [7, 11) is -7.15. The lowest BCUT2D eigenvalue weighted by Gasteiger charge is -2.26. The fraction of sp³-hybridized carbons (Fsp3) is 0.368. The number of likely N-dealkylation sites (tertiary alicyclic amines) is 1. The lowest BCUT2D eigenvalue weighted by molar-refractivity contribution is 0.0284. The Kier molecular flexibility index (Phi) is 9.00. The predicted molar refractivity (Wildman–Crippen MR) is 201 cm³/mol. The molecule has 0 saturated carbocycles. The molecule has 0 N–H and O–H groups in total. The zero-order valence-electron chi connectivity index (χ0n) is 30.5. The van der Waals surface area contributed by atoms with Gasteiger partial charge >= 0.3 is 12.2 Å². The number of nitrogens with zero attached hydrogens (tertiary/aromatic N) is 6. The van der Waals surface area contributed by atoms with Gasteiger partial charge in [-0.2, -0.15) is 5.10 Å². The largest absolute Gasteiger partial charge is 0.448 e. The van der Waals surface area contributed by atoms with Crippen LogP contribution in [0.3, 0.4) is 0 Å². The molecule has 5 heterocycles. The van der Waals surface area contributed by atoms with Crippen molar-refractivity contribution in [1.82, 2.24) is 23.6 Å². The Labute approximate surface area is 309 Å². The number of rotatable bonds is 6. The molecule has 2 aromatic carbocycles. The van der Waals surface area contributed by atoms with E-state index in [1.54, 1.807) is 72.7 Å². The third-order valence-electron chi connectivity index (χ3n) is 9.74. The van der Waals surface area contributed by atoms with Gasteiger partial charge in [0.25, 0.3) is 10.0 Å². The van der Waals surface area contributed by atoms with Crippen LogP contribution in [0.2, 0.25) is 0 Å². The molecule has 1 saturated heterocycles. The second-order valence-electron chi connectivity index (χ2n) is 14.7. The number of carbonyl (C=O) groups excluding carboxylic acids is 2. The summed E-state index contributed by atoms with van der Waals surface area (Å²) in [5.41, 5.74) is 3.99. The van der Waals surface area contributed by atoms with Crippen LogP contribution >= 0.6 is 0 Å². The molecule has 278 valence electrons. The van der Waals surface area contributed by atoms with Crippen LogP contribution in [-0.2, 0) is 41.2 Å². The number of pyridine rings is 1. The van der Waals surface area contributed by atoms with E-state index < -0.39 is 31.4 Å². The third-order valence-corrected chi connectivity index (χ3v) is 13.0. The van der Waals surface area contributed by atoms with E-state index in [1.165, 1.54) is 10.2 Å². The van der Waals surface area contributed by atoms with Gasteiger partial charge in [0, 0.05) is 70.8 Å². The van der Waals surface area contributed by atoms with Gasteiger partial charge in [0.1, 0.15) is 5.60 Å². The fourth-order valence-corrected chi connectivity index (χ4v) is 9.47. The molecule has 2 atom stereocenters. The van der Waals surface area contributed by atoms with Crippen molar-refractivity contribution in [2.75, 3.05) is 26.0 Å². The van der Waals surface area contributed by atoms with E-state index in [2.05, 4.69) is 4.36 Å². The van der Waals surface area contributed by atoms with Crippen molar-refractivity contribution >= 4 is 43.0 Å². The minimum atomic E-state index is -4.05. The van der Waals surface area contributed by atoms with Crippen LogP contribution in [0.5, 0.6) is 0 Å². The van der Waals surface area contributed by atoms with Crippen LogP contribution < -0.4 is 0 Å². The highest BCUT2D eigenvalue weighted by Crippen LogP contribution is 2.44. The Morgan fingerprint density at radius 1 is 0.943 bits per heavy atom. The maximum absolute atomic E-state index is 14.1. The molecular formula is C38H42N6O7S2. The van der Waals surface area contributed by atoms with Crippen molar-refractivity contribution < 1.29 is 31.7 Å². The second-order valence-corrected chi connectivity index (χ2v) is 18.8. The number of hydrogen-bond donors (Lipinski definition) is 0. The van der Waals surface area contributed by atoms with Gasteiger partial charge in [-0.15, -0.1) is 4.36 Å². The number of amides is 2. The van der Waals surface area contributed by atoms with E-state index in [9.17, 15) is 22.2 Å². The Hall–Kier alpha value is -5.02. The van der Waals surface area contributed by atoms with Gasteiger partial charge in [0.2, 0.25) is 0 Å². The molecule has 2 unspecified atom stereocenters. The number of fused-ring (bicyclic) bond motifs is 3. The number of ether oxygens (including phenoxy) is 2. The molecular weight excluding hydrogens is 717 g/mol. The predicted octanol–water partition coefficient (Wildman–Crippen LogP) is 7.01. The van der Waals surface area contributed by atoms with Crippen LogP contribution in [0, 0.1) is 6.92 Å². The van der Waals surface area contributed by atoms with E-state index in [-0.39, 0.29) is 28.7 Å². The maximum Gasteiger partial charge on any atom is 0.442 e. The van der Waals surface area contributed by atoms with Crippen molar-refractivity contribution in [3.05, 3.63) is 84.3 Å². The first-order chi connectivity index (χ1) is 25.0. The summed E-state index contributed by atoms with van der Waals surface area (Å²) in [6.45, 7) is 11.1. The lowest BCUT2D eigenvalue weighted by Crippen LogP contribution is -2.37. The average Bonchev–Trinajstić information content (AvgIpc) is 3.88. The highest BCUT2D eigenvalue weighted by atomic mass is 32.2. The molecule has 7 rings (SSSR count). The molecule has 0 bridgehead atoms. The minimum Gasteiger partial charge on any atom is -0.448 e. The highest BCUT2D eigenvalue weighted by Gasteiger charge is 2.47. The molecule has 1 fully saturated rings. The van der Waals surface area contributed by atoms with Crippen molar-refractivity contribution in [3.8, 4) is 22.4 Å². The van der Waals surface area contributed by atoms with E-state index in [0.29, 0.717) is 52.3 Å². The standard InChI is InChI=1S/C38H42N6O7S2/c1-7-50-35(45)41-52(6,47)28-14-10-26(11-15-28)31-23-44(53(48,49)29-12-8-25(2)9-13-29)34-30(31)20-27(22-39-34)32-21-33-38(17-19-43(33)40-32)16-18-42(24-38)36(46)51-37(3,4)5/h8-15,20-23H,7,16-19,24H2,1-6H3. The van der Waals surface area contributed by atoms with Crippen molar-refractivity contribution in [3.63, 3.8) is 0 Å². The molecule has 5 aromatic rings. The van der Waals surface area contributed by atoms with Crippen LogP contribution in [0.15, 0.2) is 87.2 Å². The smallest absolute Gasteiger partial charge is 0.442 e. The van der Waals surface area contributed by atoms with Crippen LogP contribution in [0.4, 0.5) is 9.59 Å². The fourth-order valence-electron chi connectivity index (χ4n) is 7.06. The first kappa shape index (κ1) is 36.3. The summed E-state index contributed by atoms with van der Waals surface area (Å²) >= 11 is 0. The highest BCUT2D eigenvalue weighted by molar-refractivity contribution is 7.93. The SMILES string of the molecule is CCOC(=O)N=S(C)(=O)c1ccc(-c2cn(S(=O)(=O)c3ccc(C)cc3)c3ncc(-c4cc5n(n4)CCC54CCN(C(=O)OC(C)(C)C)C4)cc23)cc1. The first-order valence-corrected chi connectivity index (χ1v) is 20.8. The molecule has 0 radical (unpaired) electrons. The summed E-state index contributed by atoms with van der Waals surface area (Å²) in [6.07, 6.45) is 4.98. The Morgan fingerprint density at radius 2 is 1.62 bits per heavy atom. The molecule has 0 aliphatic carbocycles. The van der Waals surface area contributed by atoms with Gasteiger partial charge in [-0.05, 0) is 89.4 Å². The Balaban J connectivity index is 1.29. The summed E-state index contributed by atoms with van der Waals surface area (Å²) < 4.78 is 58.9. The average molecular weight is 759 g/mol. The van der Waals surface area contributed by atoms with Crippen LogP contribution in [0.1, 0.15) is 51.8 Å². The van der Waals surface area contributed by atoms with E-state index in [1.807, 2.05) is 44.5 Å². The molecule has 13 nitrogen and oxygen atoms in total. The van der Waals surface area contributed by atoms with Gasteiger partial charge in [-0.1, -0.05) is 29.8 Å². The maximum atomic E-state index is 14.1. The van der Waals surface area contributed by atoms with Crippen molar-refractivity contribution in [2.45, 2.75) is 74.8 Å². The Morgan fingerprint density at radius 3 is 2.30 bits per heavy atom. The van der Waals surface area contributed by atoms with Gasteiger partial charge in [-0.25, -0.2) is 31.2 Å². The molecule has 1 spiro atoms. The van der Waals surface area contributed by atoms with Crippen LogP contribution in [0.25, 0.3) is 33.4 Å². The molecule has 15 heteroatoms. The molecule has 2 aliphatic heterocycles. The first-order valence-electron chi connectivity index (χ1n) is 17.4. The molecule has 2 amide bonds. The van der Waals surface area contributed by atoms with E-state index >= 15 is 0 Å². The van der Waals surface area contributed by atoms with Gasteiger partial charge < -0.3 is 14.4 Å². The van der Waals surface area contributed by atoms with Crippen molar-refractivity contribution in [1.29, 1.82) is 0 Å². The number of carbonyl (C=O) groups is 2. The normalized spacial score (nSPS) is 18.3. The molecule has 2 aliphatic rings. The van der Waals surface area contributed by atoms with Gasteiger partial charge in [0.05, 0.1) is 26.9 Å². The summed E-state index contributed by atoms with van der Waals surface area (Å²) in [5, 5.41) is 5.51. The Bertz CT molecular complexity index is 2490. The minimum absolute atomic E-state index is 0.109. The zero-order chi connectivity index (χ0) is 37.9. The quantitative estimate of drug-likeness (QED) is 0.178. The summed E-state index contributed by atoms with van der Waals surface area (Å²) in [4.78, 5) is 31.8. The number of aromatic nitrogens is 4. The zero-order valence-corrected chi connectivity index (χ0v) is 32.2. The molecule has 3 aromatic heterocycles. The van der Waals surface area contributed by atoms with E-state index in [0.717, 1.165) is 24.1 Å². The topological polar surface area (TPSA) is 155 Å². The third kappa shape index (κ3) is 6.83. The van der Waals surface area contributed by atoms with Gasteiger partial charge in [-0.3, -0.25) is 4.68 Å². The molecule has 53 heavy (non-hydrogen) atoms. The number of aryl methyl sites for hydroxylation is 2. The summed E-state index contributed by atoms with van der Waals surface area (Å²) in [5.74, 6) is 0. The lowest BCUT2D eigenvalue weighted by atomic mass is 9.82.